The van der Waals surface area contributed by atoms with E-state index in [9.17, 15) is 0 Å². The number of ether oxygens (including phenoxy) is 2. The number of aliphatic hydroxyl groups excluding tert-OH is 1. The summed E-state index contributed by atoms with van der Waals surface area (Å²) in [5, 5.41) is 17.2. The van der Waals surface area contributed by atoms with Crippen LogP contribution in [0, 0.1) is 13.8 Å². The van der Waals surface area contributed by atoms with Gasteiger partial charge in [-0.05, 0) is 38.1 Å². The van der Waals surface area contributed by atoms with Gasteiger partial charge < -0.3 is 19.7 Å². The third-order valence-electron chi connectivity index (χ3n) is 2.62. The SMILES string of the molecule is C1CO1.Cc1ccc(O)cc1.Cc1ccc(OCCO)cc1. The second-order valence-electron chi connectivity index (χ2n) is 4.83. The summed E-state index contributed by atoms with van der Waals surface area (Å²) >= 11 is 0. The first-order chi connectivity index (χ1) is 10.6. The van der Waals surface area contributed by atoms with E-state index in [1.165, 1.54) is 11.1 Å². The molecule has 0 amide bonds. The number of epoxide rings is 1. The summed E-state index contributed by atoms with van der Waals surface area (Å²) in [6.07, 6.45) is 0. The number of aryl methyl sites for hydroxylation is 2. The van der Waals surface area contributed by atoms with Crippen molar-refractivity contribution in [1.82, 2.24) is 0 Å². The van der Waals surface area contributed by atoms with Crippen molar-refractivity contribution in [3.8, 4) is 11.5 Å². The molecule has 3 rings (SSSR count). The number of phenolic OH excluding ortho intramolecular Hbond substituents is 1. The molecular weight excluding hydrogens is 280 g/mol. The molecule has 4 heteroatoms. The fourth-order valence-electron chi connectivity index (χ4n) is 1.34. The first kappa shape index (κ1) is 18.0. The van der Waals surface area contributed by atoms with E-state index in [1.807, 2.05) is 50.2 Å². The number of hydrogen-bond donors (Lipinski definition) is 2. The largest absolute Gasteiger partial charge is 0.508 e. The van der Waals surface area contributed by atoms with Crippen molar-refractivity contribution in [2.75, 3.05) is 26.4 Å². The Morgan fingerprint density at radius 3 is 1.73 bits per heavy atom. The average molecular weight is 304 g/mol. The van der Waals surface area contributed by atoms with Crippen LogP contribution in [-0.4, -0.2) is 36.6 Å². The lowest BCUT2D eigenvalue weighted by Crippen LogP contribution is -2.01. The van der Waals surface area contributed by atoms with Crippen LogP contribution in [-0.2, 0) is 4.74 Å². The first-order valence-corrected chi connectivity index (χ1v) is 7.25. The van der Waals surface area contributed by atoms with Gasteiger partial charge in [0, 0.05) is 0 Å². The van der Waals surface area contributed by atoms with Crippen LogP contribution >= 0.6 is 0 Å². The van der Waals surface area contributed by atoms with Gasteiger partial charge in [-0.3, -0.25) is 0 Å². The highest BCUT2D eigenvalue weighted by Crippen LogP contribution is 2.10. The molecule has 1 aliphatic heterocycles. The third-order valence-corrected chi connectivity index (χ3v) is 2.62. The Labute approximate surface area is 131 Å². The Hall–Kier alpha value is -2.04. The number of aromatic hydroxyl groups is 1. The van der Waals surface area contributed by atoms with Gasteiger partial charge in [-0.25, -0.2) is 0 Å². The van der Waals surface area contributed by atoms with E-state index >= 15 is 0 Å². The molecule has 22 heavy (non-hydrogen) atoms. The normalized spacial score (nSPS) is 11.4. The summed E-state index contributed by atoms with van der Waals surface area (Å²) in [5.41, 5.74) is 2.38. The highest BCUT2D eigenvalue weighted by molar-refractivity contribution is 5.26. The summed E-state index contributed by atoms with van der Waals surface area (Å²) in [4.78, 5) is 0. The number of phenols is 1. The lowest BCUT2D eigenvalue weighted by atomic mass is 10.2. The second kappa shape index (κ2) is 10.7. The molecule has 1 aliphatic rings. The van der Waals surface area contributed by atoms with Gasteiger partial charge >= 0.3 is 0 Å². The highest BCUT2D eigenvalue weighted by atomic mass is 16.6. The molecule has 0 saturated carbocycles. The second-order valence-corrected chi connectivity index (χ2v) is 4.83. The quantitative estimate of drug-likeness (QED) is 0.855. The van der Waals surface area contributed by atoms with E-state index in [0.717, 1.165) is 19.0 Å². The molecule has 0 bridgehead atoms. The average Bonchev–Trinajstić information content (AvgIpc) is 3.39. The topological polar surface area (TPSA) is 62.2 Å². The van der Waals surface area contributed by atoms with Gasteiger partial charge in [0.15, 0.2) is 0 Å². The molecule has 0 aliphatic carbocycles. The molecule has 0 unspecified atom stereocenters. The maximum absolute atomic E-state index is 8.76. The van der Waals surface area contributed by atoms with Crippen LogP contribution in [0.1, 0.15) is 11.1 Å². The highest BCUT2D eigenvalue weighted by Gasteiger charge is 1.94. The van der Waals surface area contributed by atoms with Crippen LogP contribution in [0.3, 0.4) is 0 Å². The van der Waals surface area contributed by atoms with Crippen molar-refractivity contribution >= 4 is 0 Å². The van der Waals surface area contributed by atoms with Crippen LogP contribution in [0.2, 0.25) is 0 Å². The molecule has 2 aromatic rings. The molecule has 1 heterocycles. The molecule has 4 nitrogen and oxygen atoms in total. The van der Waals surface area contributed by atoms with Crippen molar-refractivity contribution in [3.63, 3.8) is 0 Å². The summed E-state index contributed by atoms with van der Waals surface area (Å²) < 4.78 is 9.66. The Morgan fingerprint density at radius 2 is 1.36 bits per heavy atom. The fourth-order valence-corrected chi connectivity index (χ4v) is 1.34. The van der Waals surface area contributed by atoms with Crippen LogP contribution in [0.4, 0.5) is 0 Å². The zero-order valence-corrected chi connectivity index (χ0v) is 13.2. The zero-order valence-electron chi connectivity index (χ0n) is 13.2. The van der Waals surface area contributed by atoms with Crippen LogP contribution in [0.25, 0.3) is 0 Å². The van der Waals surface area contributed by atoms with Crippen molar-refractivity contribution in [2.45, 2.75) is 13.8 Å². The molecule has 1 fully saturated rings. The number of hydrogen-bond acceptors (Lipinski definition) is 4. The van der Waals surface area contributed by atoms with Gasteiger partial charge in [-0.2, -0.15) is 0 Å². The van der Waals surface area contributed by atoms with E-state index < -0.39 is 0 Å². The Morgan fingerprint density at radius 1 is 0.909 bits per heavy atom. The lowest BCUT2D eigenvalue weighted by Gasteiger charge is -2.02. The monoisotopic (exact) mass is 304 g/mol. The van der Waals surface area contributed by atoms with Gasteiger partial charge in [0.1, 0.15) is 18.1 Å². The molecule has 0 aromatic heterocycles. The minimum Gasteiger partial charge on any atom is -0.508 e. The van der Waals surface area contributed by atoms with Gasteiger partial charge in [-0.1, -0.05) is 35.4 Å². The molecule has 0 radical (unpaired) electrons. The minimum atomic E-state index is 0.0634. The van der Waals surface area contributed by atoms with Crippen molar-refractivity contribution in [3.05, 3.63) is 59.7 Å². The maximum Gasteiger partial charge on any atom is 0.119 e. The van der Waals surface area contributed by atoms with Gasteiger partial charge in [0.2, 0.25) is 0 Å². The summed E-state index contributed by atoms with van der Waals surface area (Å²) in [6.45, 7) is 6.44. The molecule has 120 valence electrons. The number of rotatable bonds is 3. The third kappa shape index (κ3) is 9.80. The molecule has 2 N–H and O–H groups in total. The van der Waals surface area contributed by atoms with Crippen LogP contribution in [0.15, 0.2) is 48.5 Å². The number of aliphatic hydroxyl groups is 1. The first-order valence-electron chi connectivity index (χ1n) is 7.25. The Bertz CT molecular complexity index is 480. The van der Waals surface area contributed by atoms with Crippen LogP contribution in [0.5, 0.6) is 11.5 Å². The maximum atomic E-state index is 8.76. The van der Waals surface area contributed by atoms with Crippen LogP contribution < -0.4 is 4.74 Å². The number of benzene rings is 2. The van der Waals surface area contributed by atoms with E-state index in [0.29, 0.717) is 12.4 Å². The Balaban J connectivity index is 0.000000190. The standard InChI is InChI=1S/C9H12O2.C7H8O.C2H4O/c1-8-2-4-9(5-3-8)11-7-6-10;1-6-2-4-7(8)5-3-6;1-2-3-1/h2-5,10H,6-7H2,1H3;2-5,8H,1H3;1-2H2. The van der Waals surface area contributed by atoms with E-state index in [-0.39, 0.29) is 6.61 Å². The molecule has 0 atom stereocenters. The van der Waals surface area contributed by atoms with Gasteiger partial charge in [0.25, 0.3) is 0 Å². The predicted octanol–water partition coefficient (Wildman–Crippen LogP) is 3.08. The van der Waals surface area contributed by atoms with E-state index in [2.05, 4.69) is 4.74 Å². The minimum absolute atomic E-state index is 0.0634. The van der Waals surface area contributed by atoms with E-state index in [4.69, 9.17) is 14.9 Å². The molecule has 1 saturated heterocycles. The summed E-state index contributed by atoms with van der Waals surface area (Å²) in [6, 6.07) is 14.8. The van der Waals surface area contributed by atoms with Crippen molar-refractivity contribution < 1.29 is 19.7 Å². The molecular formula is C18H24O4. The predicted molar refractivity (Wildman–Crippen MR) is 87.4 cm³/mol. The zero-order chi connectivity index (χ0) is 16.2. The Kier molecular flexibility index (Phi) is 8.72. The van der Waals surface area contributed by atoms with Gasteiger partial charge in [-0.15, -0.1) is 0 Å². The fraction of sp³-hybridized carbons (Fsp3) is 0.333. The summed E-state index contributed by atoms with van der Waals surface area (Å²) in [5.74, 6) is 1.14. The van der Waals surface area contributed by atoms with Crippen molar-refractivity contribution in [1.29, 1.82) is 0 Å². The van der Waals surface area contributed by atoms with Crippen molar-refractivity contribution in [2.24, 2.45) is 0 Å². The smallest absolute Gasteiger partial charge is 0.119 e. The molecule has 2 aromatic carbocycles. The van der Waals surface area contributed by atoms with Gasteiger partial charge in [0.05, 0.1) is 19.8 Å². The molecule has 0 spiro atoms. The lowest BCUT2D eigenvalue weighted by molar-refractivity contribution is 0.201. The summed E-state index contributed by atoms with van der Waals surface area (Å²) in [7, 11) is 0. The van der Waals surface area contributed by atoms with E-state index in [1.54, 1.807) is 12.1 Å².